The number of nitrogens with two attached hydrogens (primary N) is 1. The van der Waals surface area contributed by atoms with E-state index in [1.165, 1.54) is 13.8 Å². The zero-order chi connectivity index (χ0) is 16.4. The maximum absolute atomic E-state index is 12.7. The Morgan fingerprint density at radius 2 is 1.76 bits per heavy atom. The molecule has 0 unspecified atom stereocenters. The Balaban J connectivity index is 3.31. The van der Waals surface area contributed by atoms with Crippen molar-refractivity contribution in [2.45, 2.75) is 32.2 Å². The third-order valence-electron chi connectivity index (χ3n) is 2.55. The lowest BCUT2D eigenvalue weighted by Gasteiger charge is -2.29. The normalized spacial score (nSPS) is 12.7. The molecule has 1 aromatic heterocycles. The monoisotopic (exact) mass is 316 g/mol. The molecule has 10 heteroatoms. The number of anilines is 2. The van der Waals surface area contributed by atoms with Crippen LogP contribution in [-0.2, 0) is 6.18 Å². The van der Waals surface area contributed by atoms with Crippen molar-refractivity contribution in [1.29, 1.82) is 0 Å². The van der Waals surface area contributed by atoms with E-state index < -0.39 is 36.3 Å². The summed E-state index contributed by atoms with van der Waals surface area (Å²) < 4.78 is 75.9. The van der Waals surface area contributed by atoms with Crippen LogP contribution in [0.25, 0.3) is 0 Å². The van der Waals surface area contributed by atoms with Crippen LogP contribution < -0.4 is 16.2 Å². The second kappa shape index (κ2) is 5.96. The van der Waals surface area contributed by atoms with Gasteiger partial charge in [0.2, 0.25) is 0 Å². The number of hydrogen-bond donors (Lipinski definition) is 2. The smallest absolute Gasteiger partial charge is 0.345 e. The summed E-state index contributed by atoms with van der Waals surface area (Å²) in [6, 6.07) is 0.482. The van der Waals surface area contributed by atoms with Crippen molar-refractivity contribution >= 4 is 11.6 Å². The minimum Gasteiger partial charge on any atom is -0.345 e. The Kier molecular flexibility index (Phi) is 4.92. The first-order valence-electron chi connectivity index (χ1n) is 5.83. The van der Waals surface area contributed by atoms with Crippen LogP contribution >= 0.6 is 0 Å². The lowest BCUT2D eigenvalue weighted by atomic mass is 10.2. The molecule has 0 radical (unpaired) electrons. The topological polar surface area (TPSA) is 54.2 Å². The molecule has 1 rings (SSSR count). The van der Waals surface area contributed by atoms with Gasteiger partial charge in [0.15, 0.2) is 0 Å². The number of pyridine rings is 1. The number of nitrogens with one attached hydrogen (secondary N) is 1. The quantitative estimate of drug-likeness (QED) is 0.509. The molecule has 0 aromatic carbocycles. The van der Waals surface area contributed by atoms with Gasteiger partial charge in [0.1, 0.15) is 18.2 Å². The molecule has 0 amide bonds. The molecule has 1 aromatic rings. The van der Waals surface area contributed by atoms with Crippen molar-refractivity contribution in [2.24, 2.45) is 5.84 Å². The molecule has 0 atom stereocenters. The molecule has 0 saturated heterocycles. The van der Waals surface area contributed by atoms with Gasteiger partial charge in [-0.1, -0.05) is 0 Å². The molecule has 0 saturated carbocycles. The van der Waals surface area contributed by atoms with E-state index >= 15 is 0 Å². The van der Waals surface area contributed by atoms with Gasteiger partial charge < -0.3 is 10.3 Å². The average molecular weight is 316 g/mol. The standard InChI is InChI=1S/C11H14F6N4/c1-6(2)21(5-10(12,13)14)9-4-7(11(15,16)17)3-8(19-9)20-18/h3-4,6H,5,18H2,1-2H3,(H,19,20). The lowest BCUT2D eigenvalue weighted by Crippen LogP contribution is -2.40. The summed E-state index contributed by atoms with van der Waals surface area (Å²) in [5.41, 5.74) is 0.786. The van der Waals surface area contributed by atoms with Crippen LogP contribution in [0.3, 0.4) is 0 Å². The second-order valence-electron chi connectivity index (χ2n) is 4.58. The van der Waals surface area contributed by atoms with Crippen LogP contribution in [-0.4, -0.2) is 23.7 Å². The number of aromatic nitrogens is 1. The predicted octanol–water partition coefficient (Wildman–Crippen LogP) is 3.16. The van der Waals surface area contributed by atoms with Crippen molar-refractivity contribution in [3.8, 4) is 0 Å². The number of nitrogen functional groups attached to an aromatic ring is 1. The molecule has 0 aliphatic rings. The number of nitrogens with zero attached hydrogens (tertiary/aromatic N) is 2. The largest absolute Gasteiger partial charge is 0.416 e. The van der Waals surface area contributed by atoms with Crippen LogP contribution in [0.15, 0.2) is 12.1 Å². The van der Waals surface area contributed by atoms with Gasteiger partial charge in [-0.3, -0.25) is 0 Å². The molecule has 21 heavy (non-hydrogen) atoms. The first kappa shape index (κ1) is 17.3. The Morgan fingerprint density at radius 3 is 2.14 bits per heavy atom. The lowest BCUT2D eigenvalue weighted by molar-refractivity contribution is -0.137. The summed E-state index contributed by atoms with van der Waals surface area (Å²) in [6.07, 6.45) is -9.29. The van der Waals surface area contributed by atoms with Gasteiger partial charge in [0, 0.05) is 6.04 Å². The van der Waals surface area contributed by atoms with Crippen LogP contribution in [0.5, 0.6) is 0 Å². The van der Waals surface area contributed by atoms with Crippen molar-refractivity contribution in [2.75, 3.05) is 16.9 Å². The Bertz CT molecular complexity index is 483. The number of halogens is 6. The fraction of sp³-hybridized carbons (Fsp3) is 0.545. The second-order valence-corrected chi connectivity index (χ2v) is 4.58. The van der Waals surface area contributed by atoms with E-state index in [9.17, 15) is 26.3 Å². The van der Waals surface area contributed by atoms with Gasteiger partial charge in [-0.2, -0.15) is 26.3 Å². The highest BCUT2D eigenvalue weighted by Gasteiger charge is 2.35. The summed E-state index contributed by atoms with van der Waals surface area (Å²) in [4.78, 5) is 4.38. The first-order chi connectivity index (χ1) is 9.44. The van der Waals surface area contributed by atoms with Gasteiger partial charge in [0.25, 0.3) is 0 Å². The van der Waals surface area contributed by atoms with Gasteiger partial charge in [-0.25, -0.2) is 10.8 Å². The third kappa shape index (κ3) is 4.96. The molecule has 4 nitrogen and oxygen atoms in total. The van der Waals surface area contributed by atoms with Crippen molar-refractivity contribution in [3.05, 3.63) is 17.7 Å². The van der Waals surface area contributed by atoms with Crippen LogP contribution in [0.4, 0.5) is 38.0 Å². The molecule has 1 heterocycles. The highest BCUT2D eigenvalue weighted by molar-refractivity contribution is 5.51. The number of alkyl halides is 6. The van der Waals surface area contributed by atoms with E-state index in [1.54, 1.807) is 0 Å². The molecule has 3 N–H and O–H groups in total. The summed E-state index contributed by atoms with van der Waals surface area (Å²) >= 11 is 0. The van der Waals surface area contributed by atoms with E-state index in [0.717, 1.165) is 4.90 Å². The van der Waals surface area contributed by atoms with Crippen molar-refractivity contribution in [1.82, 2.24) is 4.98 Å². The number of rotatable bonds is 4. The maximum atomic E-state index is 12.7. The molecule has 0 bridgehead atoms. The van der Waals surface area contributed by atoms with E-state index in [4.69, 9.17) is 5.84 Å². The zero-order valence-corrected chi connectivity index (χ0v) is 11.2. The SMILES string of the molecule is CC(C)N(CC(F)(F)F)c1cc(C(F)(F)F)cc(NN)n1. The third-order valence-corrected chi connectivity index (χ3v) is 2.55. The van der Waals surface area contributed by atoms with E-state index in [2.05, 4.69) is 4.98 Å². The molecular weight excluding hydrogens is 302 g/mol. The predicted molar refractivity (Wildman–Crippen MR) is 65.6 cm³/mol. The molecule has 0 spiro atoms. The van der Waals surface area contributed by atoms with Crippen molar-refractivity contribution in [3.63, 3.8) is 0 Å². The van der Waals surface area contributed by atoms with E-state index in [1.807, 2.05) is 5.43 Å². The van der Waals surface area contributed by atoms with E-state index in [0.29, 0.717) is 12.1 Å². The molecule has 120 valence electrons. The summed E-state index contributed by atoms with van der Waals surface area (Å²) in [7, 11) is 0. The highest BCUT2D eigenvalue weighted by Crippen LogP contribution is 2.33. The summed E-state index contributed by atoms with van der Waals surface area (Å²) in [6.45, 7) is 1.43. The average Bonchev–Trinajstić information content (AvgIpc) is 2.33. The number of hydrogen-bond acceptors (Lipinski definition) is 4. The minimum atomic E-state index is -4.72. The molecule has 0 fully saturated rings. The van der Waals surface area contributed by atoms with Crippen LogP contribution in [0, 0.1) is 0 Å². The Hall–Kier alpha value is -1.71. The fourth-order valence-electron chi connectivity index (χ4n) is 1.62. The Labute approximate surface area is 116 Å². The highest BCUT2D eigenvalue weighted by atomic mass is 19.4. The molecule has 0 aliphatic heterocycles. The van der Waals surface area contributed by atoms with Crippen LogP contribution in [0.2, 0.25) is 0 Å². The number of hydrazine groups is 1. The van der Waals surface area contributed by atoms with E-state index in [-0.39, 0.29) is 5.82 Å². The first-order valence-corrected chi connectivity index (χ1v) is 5.83. The van der Waals surface area contributed by atoms with Gasteiger partial charge in [-0.05, 0) is 26.0 Å². The Morgan fingerprint density at radius 1 is 1.19 bits per heavy atom. The molecular formula is C11H14F6N4. The zero-order valence-electron chi connectivity index (χ0n) is 11.2. The maximum Gasteiger partial charge on any atom is 0.416 e. The fourth-order valence-corrected chi connectivity index (χ4v) is 1.62. The summed E-state index contributed by atoms with van der Waals surface area (Å²) in [5.74, 6) is 4.19. The van der Waals surface area contributed by atoms with Gasteiger partial charge >= 0.3 is 12.4 Å². The van der Waals surface area contributed by atoms with Gasteiger partial charge in [-0.15, -0.1) is 0 Å². The van der Waals surface area contributed by atoms with Crippen molar-refractivity contribution < 1.29 is 26.3 Å². The molecule has 0 aliphatic carbocycles. The van der Waals surface area contributed by atoms with Crippen LogP contribution in [0.1, 0.15) is 19.4 Å². The minimum absolute atomic E-state index is 0.368. The van der Waals surface area contributed by atoms with Gasteiger partial charge in [0.05, 0.1) is 5.56 Å². The summed E-state index contributed by atoms with van der Waals surface area (Å²) in [5, 5.41) is 0.